The molecule has 0 bridgehead atoms. The molecule has 1 aromatic carbocycles. The normalized spacial score (nSPS) is 21.3. The Morgan fingerprint density at radius 1 is 1.28 bits per heavy atom. The van der Waals surface area contributed by atoms with E-state index in [2.05, 4.69) is 22.2 Å². The number of likely N-dealkylation sites (tertiary alicyclic amines) is 1. The number of ether oxygens (including phenoxy) is 2. The molecule has 1 saturated heterocycles. The first-order valence-electron chi connectivity index (χ1n) is 9.17. The molecular weight excluding hydrogens is 318 g/mol. The number of hydrogen-bond acceptors (Lipinski definition) is 5. The van der Waals surface area contributed by atoms with Crippen molar-refractivity contribution in [2.24, 2.45) is 0 Å². The molecule has 6 heteroatoms. The highest BCUT2D eigenvalue weighted by molar-refractivity contribution is 5.72. The molecule has 1 N–H and O–H groups in total. The van der Waals surface area contributed by atoms with E-state index in [1.54, 1.807) is 6.92 Å². The van der Waals surface area contributed by atoms with E-state index in [0.29, 0.717) is 12.6 Å². The average molecular weight is 347 g/mol. The minimum Gasteiger partial charge on any atom is -0.486 e. The van der Waals surface area contributed by atoms with Crippen molar-refractivity contribution in [3.63, 3.8) is 0 Å². The van der Waals surface area contributed by atoms with Crippen LogP contribution in [0.1, 0.15) is 19.8 Å². The van der Waals surface area contributed by atoms with Crippen LogP contribution in [0.5, 0.6) is 11.5 Å². The van der Waals surface area contributed by atoms with Crippen molar-refractivity contribution in [3.8, 4) is 11.5 Å². The zero-order chi connectivity index (χ0) is 17.6. The summed E-state index contributed by atoms with van der Waals surface area (Å²) in [6.07, 6.45) is 2.41. The number of nitrogens with zero attached hydrogens (tertiary/aromatic N) is 2. The Kier molecular flexibility index (Phi) is 6.15. The fraction of sp³-hybridized carbons (Fsp3) is 0.632. The number of nitrogens with one attached hydrogen (secondary N) is 1. The van der Waals surface area contributed by atoms with Gasteiger partial charge in [0, 0.05) is 32.6 Å². The van der Waals surface area contributed by atoms with Crippen LogP contribution >= 0.6 is 0 Å². The first-order valence-corrected chi connectivity index (χ1v) is 9.17. The highest BCUT2D eigenvalue weighted by Gasteiger charge is 2.27. The monoisotopic (exact) mass is 347 g/mol. The van der Waals surface area contributed by atoms with Crippen molar-refractivity contribution in [3.05, 3.63) is 24.3 Å². The molecule has 2 heterocycles. The van der Waals surface area contributed by atoms with Crippen LogP contribution < -0.4 is 14.8 Å². The summed E-state index contributed by atoms with van der Waals surface area (Å²) in [6.45, 7) is 6.88. The Morgan fingerprint density at radius 3 is 2.72 bits per heavy atom. The molecule has 2 aliphatic heterocycles. The quantitative estimate of drug-likeness (QED) is 0.842. The lowest BCUT2D eigenvalue weighted by Crippen LogP contribution is -2.48. The van der Waals surface area contributed by atoms with Gasteiger partial charge in [-0.1, -0.05) is 12.1 Å². The summed E-state index contributed by atoms with van der Waals surface area (Å²) in [6, 6.07) is 8.46. The van der Waals surface area contributed by atoms with E-state index in [-0.39, 0.29) is 12.0 Å². The third kappa shape index (κ3) is 5.09. The number of likely N-dealkylation sites (N-methyl/N-ethyl adjacent to an activating group) is 1. The summed E-state index contributed by atoms with van der Waals surface area (Å²) >= 11 is 0. The van der Waals surface area contributed by atoms with E-state index in [9.17, 15) is 4.79 Å². The summed E-state index contributed by atoms with van der Waals surface area (Å²) in [5.74, 6) is 1.74. The molecule has 0 aromatic heterocycles. The lowest BCUT2D eigenvalue weighted by Gasteiger charge is -2.38. The molecule has 138 valence electrons. The van der Waals surface area contributed by atoms with E-state index in [0.717, 1.165) is 57.1 Å². The Bertz CT molecular complexity index is 573. The second-order valence-electron chi connectivity index (χ2n) is 6.99. The van der Waals surface area contributed by atoms with Crippen molar-refractivity contribution in [1.82, 2.24) is 15.1 Å². The SMILES string of the molecule is CC(=O)NCCN(C)C1CCN(CC2COc3ccccc3O2)CC1. The number of carbonyl (C=O) groups is 1. The van der Waals surface area contributed by atoms with Gasteiger partial charge < -0.3 is 19.7 Å². The zero-order valence-electron chi connectivity index (χ0n) is 15.2. The number of para-hydroxylation sites is 2. The third-order valence-corrected chi connectivity index (χ3v) is 5.05. The molecule has 1 atom stereocenters. The fourth-order valence-electron chi connectivity index (χ4n) is 3.57. The Labute approximate surface area is 150 Å². The second-order valence-corrected chi connectivity index (χ2v) is 6.99. The highest BCUT2D eigenvalue weighted by atomic mass is 16.6. The van der Waals surface area contributed by atoms with Crippen molar-refractivity contribution < 1.29 is 14.3 Å². The minimum absolute atomic E-state index is 0.0412. The van der Waals surface area contributed by atoms with Gasteiger partial charge >= 0.3 is 0 Å². The summed E-state index contributed by atoms with van der Waals surface area (Å²) in [5, 5.41) is 2.87. The van der Waals surface area contributed by atoms with Crippen molar-refractivity contribution >= 4 is 5.91 Å². The van der Waals surface area contributed by atoms with Gasteiger partial charge in [0.25, 0.3) is 0 Å². The maximum atomic E-state index is 11.0. The Morgan fingerprint density at radius 2 is 2.00 bits per heavy atom. The molecule has 1 fully saturated rings. The van der Waals surface area contributed by atoms with Crippen LogP contribution in [-0.2, 0) is 4.79 Å². The summed E-state index contributed by atoms with van der Waals surface area (Å²) in [4.78, 5) is 15.8. The second kappa shape index (κ2) is 8.54. The number of piperidine rings is 1. The molecular formula is C19H29N3O3. The van der Waals surface area contributed by atoms with E-state index in [1.165, 1.54) is 0 Å². The van der Waals surface area contributed by atoms with Crippen molar-refractivity contribution in [2.75, 3.05) is 46.4 Å². The van der Waals surface area contributed by atoms with Crippen LogP contribution in [0.2, 0.25) is 0 Å². The summed E-state index contributed by atoms with van der Waals surface area (Å²) in [7, 11) is 2.15. The van der Waals surface area contributed by atoms with Crippen LogP contribution in [0, 0.1) is 0 Å². The van der Waals surface area contributed by atoms with Gasteiger partial charge in [0.05, 0.1) is 0 Å². The van der Waals surface area contributed by atoms with Gasteiger partial charge in [0.1, 0.15) is 12.7 Å². The zero-order valence-corrected chi connectivity index (χ0v) is 15.2. The first kappa shape index (κ1) is 18.0. The van der Waals surface area contributed by atoms with Crippen molar-refractivity contribution in [2.45, 2.75) is 31.9 Å². The number of benzene rings is 1. The molecule has 2 aliphatic rings. The van der Waals surface area contributed by atoms with Crippen LogP contribution in [0.15, 0.2) is 24.3 Å². The maximum Gasteiger partial charge on any atom is 0.216 e. The maximum absolute atomic E-state index is 11.0. The predicted octanol–water partition coefficient (Wildman–Crippen LogP) is 1.36. The van der Waals surface area contributed by atoms with E-state index in [4.69, 9.17) is 9.47 Å². The standard InChI is InChI=1S/C19H29N3O3/c1-15(23)20-9-12-21(2)16-7-10-22(11-8-16)13-17-14-24-18-5-3-4-6-19(18)25-17/h3-6,16-17H,7-14H2,1-2H3,(H,20,23). The predicted molar refractivity (Wildman–Crippen MR) is 97.1 cm³/mol. The molecule has 3 rings (SSSR count). The molecule has 0 radical (unpaired) electrons. The summed E-state index contributed by atoms with van der Waals surface area (Å²) in [5.41, 5.74) is 0. The number of hydrogen-bond donors (Lipinski definition) is 1. The molecule has 0 spiro atoms. The largest absolute Gasteiger partial charge is 0.486 e. The van der Waals surface area contributed by atoms with Gasteiger partial charge in [-0.05, 0) is 45.1 Å². The van der Waals surface area contributed by atoms with Gasteiger partial charge in [-0.15, -0.1) is 0 Å². The first-order chi connectivity index (χ1) is 12.1. The van der Waals surface area contributed by atoms with Crippen LogP contribution in [0.25, 0.3) is 0 Å². The molecule has 0 saturated carbocycles. The molecule has 1 aromatic rings. The molecule has 0 aliphatic carbocycles. The van der Waals surface area contributed by atoms with E-state index < -0.39 is 0 Å². The molecule has 1 unspecified atom stereocenters. The van der Waals surface area contributed by atoms with Gasteiger partial charge in [-0.2, -0.15) is 0 Å². The summed E-state index contributed by atoms with van der Waals surface area (Å²) < 4.78 is 11.9. The minimum atomic E-state index is 0.0412. The van der Waals surface area contributed by atoms with Gasteiger partial charge in [0.15, 0.2) is 11.5 Å². The van der Waals surface area contributed by atoms with Crippen LogP contribution in [-0.4, -0.2) is 74.2 Å². The van der Waals surface area contributed by atoms with Gasteiger partial charge in [-0.3, -0.25) is 9.69 Å². The lowest BCUT2D eigenvalue weighted by atomic mass is 10.0. The highest BCUT2D eigenvalue weighted by Crippen LogP contribution is 2.31. The number of rotatable bonds is 6. The lowest BCUT2D eigenvalue weighted by molar-refractivity contribution is -0.119. The number of fused-ring (bicyclic) bond motifs is 1. The van der Waals surface area contributed by atoms with E-state index >= 15 is 0 Å². The third-order valence-electron chi connectivity index (χ3n) is 5.05. The van der Waals surface area contributed by atoms with Gasteiger partial charge in [0.2, 0.25) is 5.91 Å². The average Bonchev–Trinajstić information content (AvgIpc) is 2.62. The molecule has 6 nitrogen and oxygen atoms in total. The van der Waals surface area contributed by atoms with E-state index in [1.807, 2.05) is 24.3 Å². The van der Waals surface area contributed by atoms with Gasteiger partial charge in [-0.25, -0.2) is 0 Å². The number of amides is 1. The Balaban J connectivity index is 1.39. The fourth-order valence-corrected chi connectivity index (χ4v) is 3.57. The Hall–Kier alpha value is -1.79. The van der Waals surface area contributed by atoms with Crippen LogP contribution in [0.3, 0.4) is 0 Å². The smallest absolute Gasteiger partial charge is 0.216 e. The topological polar surface area (TPSA) is 54.0 Å². The van der Waals surface area contributed by atoms with Crippen molar-refractivity contribution in [1.29, 1.82) is 0 Å². The molecule has 25 heavy (non-hydrogen) atoms. The molecule has 1 amide bonds. The number of carbonyl (C=O) groups excluding carboxylic acids is 1. The van der Waals surface area contributed by atoms with Crippen LogP contribution in [0.4, 0.5) is 0 Å².